The van der Waals surface area contributed by atoms with Crippen molar-refractivity contribution in [2.75, 3.05) is 0 Å². The van der Waals surface area contributed by atoms with Gasteiger partial charge in [0.05, 0.1) is 11.4 Å². The molecule has 5 heteroatoms. The number of nitrogens with zero attached hydrogens (tertiary/aromatic N) is 3. The topological polar surface area (TPSA) is 67.2 Å². The minimum absolute atomic E-state index is 0.241. The second-order valence-electron chi connectivity index (χ2n) is 4.50. The highest BCUT2D eigenvalue weighted by Gasteiger charge is 2.07. The third-order valence-electron chi connectivity index (χ3n) is 2.83. The molecule has 20 heavy (non-hydrogen) atoms. The average molecular weight is 268 g/mol. The summed E-state index contributed by atoms with van der Waals surface area (Å²) in [6.07, 6.45) is 3.22. The normalized spacial score (nSPS) is 11.2. The maximum atomic E-state index is 12.0. The second kappa shape index (κ2) is 6.06. The predicted octanol–water partition coefficient (Wildman–Crippen LogP) is 2.25. The van der Waals surface area contributed by atoms with E-state index in [1.165, 1.54) is 0 Å². The third-order valence-corrected chi connectivity index (χ3v) is 2.83. The Labute approximate surface area is 117 Å². The van der Waals surface area contributed by atoms with Gasteiger partial charge in [0.15, 0.2) is 0 Å². The molecule has 1 heterocycles. The Morgan fingerprint density at radius 3 is 2.65 bits per heavy atom. The van der Waals surface area contributed by atoms with Gasteiger partial charge in [-0.1, -0.05) is 17.7 Å². The molecule has 0 radical (unpaired) electrons. The highest BCUT2D eigenvalue weighted by Crippen LogP contribution is 2.04. The summed E-state index contributed by atoms with van der Waals surface area (Å²) >= 11 is 0. The molecule has 0 saturated heterocycles. The maximum absolute atomic E-state index is 12.0. The Bertz CT molecular complexity index is 664. The Hall–Kier alpha value is -2.56. The van der Waals surface area contributed by atoms with E-state index in [1.807, 2.05) is 32.0 Å². The molecule has 1 N–H and O–H groups in total. The second-order valence-corrected chi connectivity index (χ2v) is 4.50. The maximum Gasteiger partial charge on any atom is 0.271 e. The highest BCUT2D eigenvalue weighted by atomic mass is 16.2. The number of benzene rings is 1. The molecule has 0 unspecified atom stereocenters. The third kappa shape index (κ3) is 3.26. The summed E-state index contributed by atoms with van der Waals surface area (Å²) in [5.41, 5.74) is 6.22. The van der Waals surface area contributed by atoms with Crippen LogP contribution in [0, 0.1) is 13.8 Å². The van der Waals surface area contributed by atoms with Gasteiger partial charge in [-0.3, -0.25) is 14.8 Å². The zero-order chi connectivity index (χ0) is 14.5. The van der Waals surface area contributed by atoms with Crippen LogP contribution in [-0.2, 0) is 0 Å². The molecule has 1 amide bonds. The van der Waals surface area contributed by atoms with E-state index in [2.05, 4.69) is 20.5 Å². The van der Waals surface area contributed by atoms with Crippen molar-refractivity contribution < 1.29 is 4.79 Å². The molecule has 0 saturated carbocycles. The van der Waals surface area contributed by atoms with Gasteiger partial charge in [-0.05, 0) is 32.9 Å². The number of carbonyl (C=O) groups is 1. The molecule has 102 valence electrons. The molecular formula is C15H16N4O. The number of hydrazone groups is 1. The monoisotopic (exact) mass is 268 g/mol. The SMILES string of the molecule is C/C(=N\NC(=O)c1cccc(C)c1)c1nccnc1C. The van der Waals surface area contributed by atoms with Crippen molar-refractivity contribution in [3.63, 3.8) is 0 Å². The average Bonchev–Trinajstić information content (AvgIpc) is 2.45. The smallest absolute Gasteiger partial charge is 0.267 e. The van der Waals surface area contributed by atoms with Crippen LogP contribution in [0.1, 0.15) is 34.2 Å². The Kier molecular flexibility index (Phi) is 4.20. The number of aromatic nitrogens is 2. The first-order chi connectivity index (χ1) is 9.58. The summed E-state index contributed by atoms with van der Waals surface area (Å²) in [6.45, 7) is 5.57. The fourth-order valence-corrected chi connectivity index (χ4v) is 1.80. The lowest BCUT2D eigenvalue weighted by molar-refractivity contribution is 0.0954. The van der Waals surface area contributed by atoms with Crippen LogP contribution in [0.2, 0.25) is 0 Å². The van der Waals surface area contributed by atoms with Gasteiger partial charge in [0.1, 0.15) is 5.69 Å². The lowest BCUT2D eigenvalue weighted by Gasteiger charge is -2.04. The van der Waals surface area contributed by atoms with Gasteiger partial charge in [-0.25, -0.2) is 5.43 Å². The number of aryl methyl sites for hydroxylation is 2. The van der Waals surface area contributed by atoms with Crippen molar-refractivity contribution in [3.05, 3.63) is 59.2 Å². The van der Waals surface area contributed by atoms with E-state index in [0.717, 1.165) is 11.3 Å². The minimum Gasteiger partial charge on any atom is -0.267 e. The standard InChI is InChI=1S/C15H16N4O/c1-10-5-4-6-13(9-10)15(20)19-18-12(3)14-11(2)16-7-8-17-14/h4-9H,1-3H3,(H,19,20)/b18-12+. The quantitative estimate of drug-likeness (QED) is 0.685. The minimum atomic E-state index is -0.241. The molecule has 0 spiro atoms. The van der Waals surface area contributed by atoms with Crippen molar-refractivity contribution in [3.8, 4) is 0 Å². The van der Waals surface area contributed by atoms with Gasteiger partial charge in [0.2, 0.25) is 0 Å². The van der Waals surface area contributed by atoms with Crippen LogP contribution in [0.25, 0.3) is 0 Å². The van der Waals surface area contributed by atoms with Gasteiger partial charge in [-0.2, -0.15) is 5.10 Å². The van der Waals surface area contributed by atoms with Gasteiger partial charge in [-0.15, -0.1) is 0 Å². The number of rotatable bonds is 3. The molecule has 5 nitrogen and oxygen atoms in total. The van der Waals surface area contributed by atoms with Gasteiger partial charge >= 0.3 is 0 Å². The predicted molar refractivity (Wildman–Crippen MR) is 77.6 cm³/mol. The number of carbonyl (C=O) groups excluding carboxylic acids is 1. The first-order valence-electron chi connectivity index (χ1n) is 6.27. The number of hydrogen-bond acceptors (Lipinski definition) is 4. The summed E-state index contributed by atoms with van der Waals surface area (Å²) in [5.74, 6) is -0.241. The van der Waals surface area contributed by atoms with Gasteiger partial charge < -0.3 is 0 Å². The van der Waals surface area contributed by atoms with E-state index in [-0.39, 0.29) is 5.91 Å². The number of hydrogen-bond donors (Lipinski definition) is 1. The first-order valence-corrected chi connectivity index (χ1v) is 6.27. The van der Waals surface area contributed by atoms with Gasteiger partial charge in [0.25, 0.3) is 5.91 Å². The molecule has 2 rings (SSSR count). The summed E-state index contributed by atoms with van der Waals surface area (Å²) < 4.78 is 0. The summed E-state index contributed by atoms with van der Waals surface area (Å²) in [4.78, 5) is 20.3. The number of amides is 1. The van der Waals surface area contributed by atoms with Crippen molar-refractivity contribution in [2.45, 2.75) is 20.8 Å². The first kappa shape index (κ1) is 13.9. The van der Waals surface area contributed by atoms with E-state index in [4.69, 9.17) is 0 Å². The fourth-order valence-electron chi connectivity index (χ4n) is 1.80. The lowest BCUT2D eigenvalue weighted by Crippen LogP contribution is -2.20. The van der Waals surface area contributed by atoms with Gasteiger partial charge in [0, 0.05) is 18.0 Å². The zero-order valence-electron chi connectivity index (χ0n) is 11.7. The largest absolute Gasteiger partial charge is 0.271 e. The van der Waals surface area contributed by atoms with Crippen molar-refractivity contribution in [2.24, 2.45) is 5.10 Å². The molecule has 0 aliphatic carbocycles. The fraction of sp³-hybridized carbons (Fsp3) is 0.200. The molecule has 2 aromatic rings. The molecule has 1 aromatic heterocycles. The summed E-state index contributed by atoms with van der Waals surface area (Å²) in [7, 11) is 0. The van der Waals surface area contributed by atoms with Crippen LogP contribution in [0.5, 0.6) is 0 Å². The van der Waals surface area contributed by atoms with Crippen LogP contribution in [0.4, 0.5) is 0 Å². The van der Waals surface area contributed by atoms with Crippen LogP contribution in [0.15, 0.2) is 41.8 Å². The van der Waals surface area contributed by atoms with Crippen LogP contribution < -0.4 is 5.43 Å². The summed E-state index contributed by atoms with van der Waals surface area (Å²) in [5, 5.41) is 4.08. The van der Waals surface area contributed by atoms with E-state index in [0.29, 0.717) is 17.0 Å². The lowest BCUT2D eigenvalue weighted by atomic mass is 10.1. The number of nitrogens with one attached hydrogen (secondary N) is 1. The molecule has 0 aliphatic rings. The van der Waals surface area contributed by atoms with E-state index in [9.17, 15) is 4.79 Å². The van der Waals surface area contributed by atoms with Crippen LogP contribution in [-0.4, -0.2) is 21.6 Å². The molecular weight excluding hydrogens is 252 g/mol. The highest BCUT2D eigenvalue weighted by molar-refractivity contribution is 6.00. The molecule has 0 atom stereocenters. The van der Waals surface area contributed by atoms with Crippen LogP contribution >= 0.6 is 0 Å². The van der Waals surface area contributed by atoms with E-state index < -0.39 is 0 Å². The molecule has 0 fully saturated rings. The molecule has 0 bridgehead atoms. The van der Waals surface area contributed by atoms with Crippen LogP contribution in [0.3, 0.4) is 0 Å². The Morgan fingerprint density at radius 1 is 1.20 bits per heavy atom. The van der Waals surface area contributed by atoms with E-state index in [1.54, 1.807) is 25.4 Å². The summed E-state index contributed by atoms with van der Waals surface area (Å²) in [6, 6.07) is 7.34. The molecule has 1 aromatic carbocycles. The van der Waals surface area contributed by atoms with E-state index >= 15 is 0 Å². The van der Waals surface area contributed by atoms with Crippen molar-refractivity contribution in [1.29, 1.82) is 0 Å². The Morgan fingerprint density at radius 2 is 1.95 bits per heavy atom. The van der Waals surface area contributed by atoms with Crippen molar-refractivity contribution >= 4 is 11.6 Å². The molecule has 0 aliphatic heterocycles. The zero-order valence-corrected chi connectivity index (χ0v) is 11.7. The Balaban J connectivity index is 2.13. The van der Waals surface area contributed by atoms with Crippen molar-refractivity contribution in [1.82, 2.24) is 15.4 Å².